The van der Waals surface area contributed by atoms with Gasteiger partial charge in [-0.05, 0) is 30.0 Å². The number of aromatic amines is 2. The van der Waals surface area contributed by atoms with Crippen LogP contribution in [-0.4, -0.2) is 16.5 Å². The maximum absolute atomic E-state index is 11.2. The number of nitrogens with one attached hydrogen (secondary N) is 2. The number of hydrogen-bond donors (Lipinski definition) is 3. The average molecular weight is 271 g/mol. The van der Waals surface area contributed by atoms with Gasteiger partial charge in [0.25, 0.3) is 0 Å². The molecule has 106 valence electrons. The molecule has 0 amide bonds. The van der Waals surface area contributed by atoms with E-state index < -0.39 is 0 Å². The van der Waals surface area contributed by atoms with Crippen LogP contribution in [0, 0.1) is 0 Å². The molecule has 0 aliphatic heterocycles. The first-order valence-corrected chi connectivity index (χ1v) is 7.32. The van der Waals surface area contributed by atoms with Crippen LogP contribution in [0.25, 0.3) is 11.3 Å². The molecule has 1 fully saturated rings. The summed E-state index contributed by atoms with van der Waals surface area (Å²) in [5, 5.41) is 0. The molecule has 0 atom stereocenters. The summed E-state index contributed by atoms with van der Waals surface area (Å²) in [6.45, 7) is 0.695. The maximum atomic E-state index is 11.2. The van der Waals surface area contributed by atoms with Crippen LogP contribution < -0.4 is 11.4 Å². The van der Waals surface area contributed by atoms with Crippen LogP contribution in [0.5, 0.6) is 0 Å². The number of rotatable bonds is 3. The van der Waals surface area contributed by atoms with Crippen molar-refractivity contribution in [2.24, 2.45) is 5.73 Å². The molecule has 4 nitrogen and oxygen atoms in total. The highest BCUT2D eigenvalue weighted by Crippen LogP contribution is 2.39. The van der Waals surface area contributed by atoms with Gasteiger partial charge < -0.3 is 15.7 Å². The monoisotopic (exact) mass is 271 g/mol. The lowest BCUT2D eigenvalue weighted by molar-refractivity contribution is 0.301. The lowest BCUT2D eigenvalue weighted by atomic mass is 9.69. The van der Waals surface area contributed by atoms with E-state index in [0.717, 1.165) is 24.1 Å². The third-order valence-electron chi connectivity index (χ3n) is 4.58. The Bertz CT molecular complexity index is 635. The van der Waals surface area contributed by atoms with Gasteiger partial charge >= 0.3 is 5.69 Å². The highest BCUT2D eigenvalue weighted by molar-refractivity contribution is 5.59. The smallest absolute Gasteiger partial charge is 0.323 e. The molecule has 0 bridgehead atoms. The molecule has 2 aromatic rings. The van der Waals surface area contributed by atoms with Crippen LogP contribution in [0.3, 0.4) is 0 Å². The van der Waals surface area contributed by atoms with Gasteiger partial charge in [-0.2, -0.15) is 0 Å². The van der Waals surface area contributed by atoms with Gasteiger partial charge in [0.05, 0.1) is 5.69 Å². The standard InChI is InChI=1S/C16H21N3O/c17-11-16(7-2-1-3-8-16)13-6-4-5-12(9-13)14-10-18-15(20)19-14/h4-6,9-10H,1-3,7-8,11,17H2,(H2,18,19,20). The zero-order valence-corrected chi connectivity index (χ0v) is 11.6. The van der Waals surface area contributed by atoms with Crippen LogP contribution in [0.2, 0.25) is 0 Å². The normalized spacial score (nSPS) is 18.1. The van der Waals surface area contributed by atoms with Crippen LogP contribution in [-0.2, 0) is 5.41 Å². The van der Waals surface area contributed by atoms with E-state index >= 15 is 0 Å². The number of aromatic nitrogens is 2. The third kappa shape index (κ3) is 2.31. The molecule has 0 saturated heterocycles. The summed E-state index contributed by atoms with van der Waals surface area (Å²) < 4.78 is 0. The Hall–Kier alpha value is -1.81. The van der Waals surface area contributed by atoms with Crippen molar-refractivity contribution in [3.05, 3.63) is 46.5 Å². The highest BCUT2D eigenvalue weighted by Gasteiger charge is 2.32. The van der Waals surface area contributed by atoms with Crippen molar-refractivity contribution < 1.29 is 0 Å². The summed E-state index contributed by atoms with van der Waals surface area (Å²) in [7, 11) is 0. The van der Waals surface area contributed by atoms with Crippen LogP contribution in [0.15, 0.2) is 35.3 Å². The van der Waals surface area contributed by atoms with Gasteiger partial charge in [-0.25, -0.2) is 4.79 Å². The molecular formula is C16H21N3O. The molecule has 4 heteroatoms. The summed E-state index contributed by atoms with van der Waals surface area (Å²) in [6.07, 6.45) is 7.86. The molecule has 1 aromatic heterocycles. The lowest BCUT2D eigenvalue weighted by Crippen LogP contribution is -2.37. The van der Waals surface area contributed by atoms with E-state index in [4.69, 9.17) is 5.73 Å². The summed E-state index contributed by atoms with van der Waals surface area (Å²) in [4.78, 5) is 16.7. The van der Waals surface area contributed by atoms with E-state index in [1.165, 1.54) is 24.8 Å². The van der Waals surface area contributed by atoms with E-state index in [9.17, 15) is 4.79 Å². The molecule has 4 N–H and O–H groups in total. The number of nitrogens with two attached hydrogens (primary N) is 1. The van der Waals surface area contributed by atoms with Gasteiger partial charge in [0, 0.05) is 18.2 Å². The average Bonchev–Trinajstić information content (AvgIpc) is 2.95. The van der Waals surface area contributed by atoms with Gasteiger partial charge in [0.1, 0.15) is 0 Å². The third-order valence-corrected chi connectivity index (χ3v) is 4.58. The molecule has 1 heterocycles. The number of hydrogen-bond acceptors (Lipinski definition) is 2. The molecule has 1 saturated carbocycles. The molecule has 20 heavy (non-hydrogen) atoms. The Kier molecular flexibility index (Phi) is 3.49. The molecule has 3 rings (SSSR count). The van der Waals surface area contributed by atoms with Crippen LogP contribution in [0.4, 0.5) is 0 Å². The number of imidazole rings is 1. The predicted molar refractivity (Wildman–Crippen MR) is 80.7 cm³/mol. The fourth-order valence-corrected chi connectivity index (χ4v) is 3.34. The number of benzene rings is 1. The van der Waals surface area contributed by atoms with Crippen molar-refractivity contribution in [3.8, 4) is 11.3 Å². The zero-order valence-electron chi connectivity index (χ0n) is 11.6. The molecule has 1 aliphatic carbocycles. The summed E-state index contributed by atoms with van der Waals surface area (Å²) in [5.74, 6) is 0. The minimum atomic E-state index is -0.170. The second-order valence-electron chi connectivity index (χ2n) is 5.78. The molecule has 0 radical (unpaired) electrons. The Morgan fingerprint density at radius 1 is 1.20 bits per heavy atom. The van der Waals surface area contributed by atoms with Gasteiger partial charge in [0.15, 0.2) is 0 Å². The van der Waals surface area contributed by atoms with Gasteiger partial charge in [-0.15, -0.1) is 0 Å². The Balaban J connectivity index is 2.00. The molecular weight excluding hydrogens is 250 g/mol. The minimum Gasteiger partial charge on any atom is -0.330 e. The van der Waals surface area contributed by atoms with Crippen molar-refractivity contribution >= 4 is 0 Å². The molecule has 0 unspecified atom stereocenters. The maximum Gasteiger partial charge on any atom is 0.323 e. The van der Waals surface area contributed by atoms with Crippen molar-refractivity contribution in [2.75, 3.05) is 6.54 Å². The van der Waals surface area contributed by atoms with Crippen LogP contribution >= 0.6 is 0 Å². The summed E-state index contributed by atoms with van der Waals surface area (Å²) in [5.41, 5.74) is 9.22. The van der Waals surface area contributed by atoms with Crippen molar-refractivity contribution in [1.29, 1.82) is 0 Å². The fraction of sp³-hybridized carbons (Fsp3) is 0.438. The summed E-state index contributed by atoms with van der Waals surface area (Å²) in [6, 6.07) is 8.43. The topological polar surface area (TPSA) is 74.7 Å². The minimum absolute atomic E-state index is 0.116. The van der Waals surface area contributed by atoms with Crippen molar-refractivity contribution in [3.63, 3.8) is 0 Å². The van der Waals surface area contributed by atoms with Crippen molar-refractivity contribution in [2.45, 2.75) is 37.5 Å². The van der Waals surface area contributed by atoms with E-state index in [1.807, 2.05) is 6.07 Å². The molecule has 0 spiro atoms. The highest BCUT2D eigenvalue weighted by atomic mass is 16.1. The zero-order chi connectivity index (χ0) is 14.0. The van der Waals surface area contributed by atoms with Gasteiger partial charge in [-0.3, -0.25) is 0 Å². The van der Waals surface area contributed by atoms with Gasteiger partial charge in [-0.1, -0.05) is 37.5 Å². The van der Waals surface area contributed by atoms with E-state index in [-0.39, 0.29) is 11.1 Å². The first kappa shape index (κ1) is 13.2. The Morgan fingerprint density at radius 3 is 2.65 bits per heavy atom. The largest absolute Gasteiger partial charge is 0.330 e. The van der Waals surface area contributed by atoms with E-state index in [0.29, 0.717) is 6.54 Å². The second-order valence-corrected chi connectivity index (χ2v) is 5.78. The van der Waals surface area contributed by atoms with Crippen molar-refractivity contribution in [1.82, 2.24) is 9.97 Å². The quantitative estimate of drug-likeness (QED) is 0.802. The Labute approximate surface area is 118 Å². The lowest BCUT2D eigenvalue weighted by Gasteiger charge is -2.37. The second kappa shape index (κ2) is 5.29. The fourth-order valence-electron chi connectivity index (χ4n) is 3.34. The first-order valence-electron chi connectivity index (χ1n) is 7.32. The predicted octanol–water partition coefficient (Wildman–Crippen LogP) is 2.53. The van der Waals surface area contributed by atoms with Gasteiger partial charge in [0.2, 0.25) is 0 Å². The SMILES string of the molecule is NCC1(c2cccc(-c3c[nH]c(=O)[nH]3)c2)CCCCC1. The van der Waals surface area contributed by atoms with E-state index in [1.54, 1.807) is 6.20 Å². The first-order chi connectivity index (χ1) is 9.73. The molecule has 1 aliphatic rings. The number of H-pyrrole nitrogens is 2. The molecule has 1 aromatic carbocycles. The Morgan fingerprint density at radius 2 is 2.00 bits per heavy atom. The van der Waals surface area contributed by atoms with E-state index in [2.05, 4.69) is 28.2 Å². The van der Waals surface area contributed by atoms with Crippen LogP contribution in [0.1, 0.15) is 37.7 Å². The summed E-state index contributed by atoms with van der Waals surface area (Å²) >= 11 is 0.